The van der Waals surface area contributed by atoms with Gasteiger partial charge in [0.2, 0.25) is 5.91 Å². The van der Waals surface area contributed by atoms with E-state index in [4.69, 9.17) is 9.47 Å². The predicted molar refractivity (Wildman–Crippen MR) is 126 cm³/mol. The summed E-state index contributed by atoms with van der Waals surface area (Å²) in [7, 11) is 2.88. The van der Waals surface area contributed by atoms with Crippen molar-refractivity contribution in [1.82, 2.24) is 9.55 Å². The molecule has 11 heteroatoms. The number of aromatic nitrogens is 2. The van der Waals surface area contributed by atoms with Gasteiger partial charge in [0.25, 0.3) is 5.56 Å². The Labute approximate surface area is 194 Å². The lowest BCUT2D eigenvalue weighted by Gasteiger charge is -2.19. The molecule has 1 amide bonds. The van der Waals surface area contributed by atoms with Crippen LogP contribution in [0.2, 0.25) is 0 Å². The van der Waals surface area contributed by atoms with E-state index in [2.05, 4.69) is 10.3 Å². The number of aryl methyl sites for hydroxylation is 1. The Bertz CT molecular complexity index is 1260. The first kappa shape index (κ1) is 24.2. The molecule has 0 spiro atoms. The summed E-state index contributed by atoms with van der Waals surface area (Å²) >= 11 is 1.13. The molecule has 3 rings (SSSR count). The molecular weight excluding hydrogens is 448 g/mol. The van der Waals surface area contributed by atoms with Crippen LogP contribution in [0.5, 0.6) is 5.75 Å². The molecule has 3 aromatic rings. The summed E-state index contributed by atoms with van der Waals surface area (Å²) in [6.45, 7) is 3.81. The van der Waals surface area contributed by atoms with Crippen molar-refractivity contribution in [3.05, 3.63) is 62.4 Å². The van der Waals surface area contributed by atoms with Crippen LogP contribution in [0.4, 0.5) is 11.4 Å². The number of anilines is 1. The van der Waals surface area contributed by atoms with Crippen LogP contribution >= 0.6 is 11.8 Å². The first-order chi connectivity index (χ1) is 15.8. The van der Waals surface area contributed by atoms with Gasteiger partial charge < -0.3 is 14.8 Å². The first-order valence-corrected chi connectivity index (χ1v) is 11.0. The van der Waals surface area contributed by atoms with Gasteiger partial charge in [-0.3, -0.25) is 24.3 Å². The molecule has 0 aliphatic carbocycles. The number of nitro benzene ring substituents is 1. The topological polar surface area (TPSA) is 126 Å². The number of thioether (sulfide) groups is 1. The lowest BCUT2D eigenvalue weighted by Crippen LogP contribution is -2.29. The average Bonchev–Trinajstić information content (AvgIpc) is 2.78. The molecule has 0 fully saturated rings. The number of para-hydroxylation sites is 1. The third-order valence-electron chi connectivity index (χ3n) is 4.95. The van der Waals surface area contributed by atoms with E-state index in [-0.39, 0.29) is 34.7 Å². The number of hydrogen-bond donors (Lipinski definition) is 1. The minimum absolute atomic E-state index is 0.0246. The van der Waals surface area contributed by atoms with Crippen molar-refractivity contribution < 1.29 is 19.2 Å². The van der Waals surface area contributed by atoms with Crippen LogP contribution in [0.1, 0.15) is 18.5 Å². The highest BCUT2D eigenvalue weighted by Gasteiger charge is 2.20. The molecule has 33 heavy (non-hydrogen) atoms. The number of hydrogen-bond acceptors (Lipinski definition) is 8. The van der Waals surface area contributed by atoms with Crippen molar-refractivity contribution >= 4 is 39.9 Å². The van der Waals surface area contributed by atoms with Gasteiger partial charge in [-0.1, -0.05) is 23.9 Å². The van der Waals surface area contributed by atoms with Crippen molar-refractivity contribution in [3.63, 3.8) is 0 Å². The summed E-state index contributed by atoms with van der Waals surface area (Å²) in [5, 5.41) is 14.8. The van der Waals surface area contributed by atoms with Crippen LogP contribution in [0.3, 0.4) is 0 Å². The van der Waals surface area contributed by atoms with Gasteiger partial charge >= 0.3 is 5.69 Å². The van der Waals surface area contributed by atoms with Gasteiger partial charge in [0.1, 0.15) is 0 Å². The standard InChI is InChI=1S/C22H24N4O6S/c1-13-9-18(26(29)30)19(32-4)10-17(13)23-20(27)12-33-22-24-16-8-6-5-7-15(16)21(28)25(22)14(2)11-31-3/h5-10,14H,11-12H2,1-4H3,(H,23,27)/t14-/m0/s1. The highest BCUT2D eigenvalue weighted by atomic mass is 32.2. The minimum atomic E-state index is -0.543. The van der Waals surface area contributed by atoms with E-state index in [9.17, 15) is 19.7 Å². The molecule has 174 valence electrons. The van der Waals surface area contributed by atoms with Crippen LogP contribution in [0.25, 0.3) is 10.9 Å². The van der Waals surface area contributed by atoms with E-state index in [1.54, 1.807) is 38.3 Å². The first-order valence-electron chi connectivity index (χ1n) is 10.0. The number of carbonyl (C=O) groups is 1. The summed E-state index contributed by atoms with van der Waals surface area (Å²) in [6.07, 6.45) is 0. The Balaban J connectivity index is 1.86. The molecule has 0 radical (unpaired) electrons. The zero-order valence-corrected chi connectivity index (χ0v) is 19.5. The highest BCUT2D eigenvalue weighted by molar-refractivity contribution is 7.99. The Morgan fingerprint density at radius 3 is 2.70 bits per heavy atom. The second-order valence-electron chi connectivity index (χ2n) is 7.32. The summed E-state index contributed by atoms with van der Waals surface area (Å²) in [6, 6.07) is 9.51. The molecule has 0 aliphatic rings. The van der Waals surface area contributed by atoms with E-state index in [0.717, 1.165) is 11.8 Å². The smallest absolute Gasteiger partial charge is 0.311 e. The normalized spacial score (nSPS) is 11.9. The fraction of sp³-hybridized carbons (Fsp3) is 0.318. The Hall–Kier alpha value is -3.44. The molecule has 10 nitrogen and oxygen atoms in total. The van der Waals surface area contributed by atoms with Crippen LogP contribution in [0, 0.1) is 17.0 Å². The number of carbonyl (C=O) groups excluding carboxylic acids is 1. The maximum Gasteiger partial charge on any atom is 0.311 e. The zero-order valence-electron chi connectivity index (χ0n) is 18.7. The van der Waals surface area contributed by atoms with Crippen LogP contribution in [-0.2, 0) is 9.53 Å². The second-order valence-corrected chi connectivity index (χ2v) is 8.27. The fourth-order valence-corrected chi connectivity index (χ4v) is 4.26. The number of nitro groups is 1. The molecule has 2 aromatic carbocycles. The predicted octanol–water partition coefficient (Wildman–Crippen LogP) is 3.56. The number of ether oxygens (including phenoxy) is 2. The molecular formula is C22H24N4O6S. The van der Waals surface area contributed by atoms with Gasteiger partial charge in [0.15, 0.2) is 10.9 Å². The SMILES string of the molecule is COC[C@H](C)n1c(SCC(=O)Nc2cc(OC)c([N+](=O)[O-])cc2C)nc2ccccc2c1=O. The average molecular weight is 473 g/mol. The number of rotatable bonds is 9. The van der Waals surface area contributed by atoms with Gasteiger partial charge in [-0.2, -0.15) is 0 Å². The van der Waals surface area contributed by atoms with E-state index in [1.165, 1.54) is 23.8 Å². The lowest BCUT2D eigenvalue weighted by molar-refractivity contribution is -0.385. The Morgan fingerprint density at radius 2 is 2.03 bits per heavy atom. The molecule has 0 saturated heterocycles. The Kier molecular flexibility index (Phi) is 7.67. The second kappa shape index (κ2) is 10.5. The van der Waals surface area contributed by atoms with Crippen LogP contribution in [0.15, 0.2) is 46.3 Å². The summed E-state index contributed by atoms with van der Waals surface area (Å²) in [4.78, 5) is 41.0. The number of nitrogens with one attached hydrogen (secondary N) is 1. The van der Waals surface area contributed by atoms with Crippen LogP contribution < -0.4 is 15.6 Å². The third-order valence-corrected chi connectivity index (χ3v) is 5.91. The molecule has 0 saturated carbocycles. The third kappa shape index (κ3) is 5.32. The van der Waals surface area contributed by atoms with E-state index in [0.29, 0.717) is 33.9 Å². The quantitative estimate of drug-likeness (QED) is 0.217. The molecule has 0 aliphatic heterocycles. The molecule has 1 aromatic heterocycles. The largest absolute Gasteiger partial charge is 0.490 e. The highest BCUT2D eigenvalue weighted by Crippen LogP contribution is 2.33. The number of fused-ring (bicyclic) bond motifs is 1. The number of methoxy groups -OCH3 is 2. The van der Waals surface area contributed by atoms with Crippen LogP contribution in [-0.4, -0.2) is 47.0 Å². The van der Waals surface area contributed by atoms with E-state index in [1.807, 2.05) is 6.92 Å². The number of nitrogens with zero attached hydrogens (tertiary/aromatic N) is 3. The molecule has 1 atom stereocenters. The van der Waals surface area contributed by atoms with E-state index < -0.39 is 4.92 Å². The van der Waals surface area contributed by atoms with Crippen molar-refractivity contribution in [1.29, 1.82) is 0 Å². The molecule has 0 unspecified atom stereocenters. The fourth-order valence-electron chi connectivity index (χ4n) is 3.36. The van der Waals surface area contributed by atoms with Gasteiger partial charge in [-0.25, -0.2) is 4.98 Å². The maximum absolute atomic E-state index is 13.1. The molecule has 0 bridgehead atoms. The van der Waals surface area contributed by atoms with Crippen molar-refractivity contribution in [2.24, 2.45) is 0 Å². The molecule has 1 N–H and O–H groups in total. The van der Waals surface area contributed by atoms with Gasteiger partial charge in [0.05, 0.1) is 41.3 Å². The zero-order chi connectivity index (χ0) is 24.1. The summed E-state index contributed by atoms with van der Waals surface area (Å²) in [5.41, 5.74) is 1.08. The number of benzene rings is 2. The van der Waals surface area contributed by atoms with Crippen molar-refractivity contribution in [2.45, 2.75) is 25.0 Å². The Morgan fingerprint density at radius 1 is 1.30 bits per heavy atom. The van der Waals surface area contributed by atoms with Gasteiger partial charge in [-0.05, 0) is 31.5 Å². The lowest BCUT2D eigenvalue weighted by atomic mass is 10.1. The monoisotopic (exact) mass is 472 g/mol. The van der Waals surface area contributed by atoms with Crippen molar-refractivity contribution in [3.8, 4) is 5.75 Å². The maximum atomic E-state index is 13.1. The van der Waals surface area contributed by atoms with Crippen molar-refractivity contribution in [2.75, 3.05) is 31.9 Å². The van der Waals surface area contributed by atoms with Gasteiger partial charge in [0, 0.05) is 24.9 Å². The molecule has 1 heterocycles. The summed E-state index contributed by atoms with van der Waals surface area (Å²) in [5.74, 6) is -0.331. The van der Waals surface area contributed by atoms with E-state index >= 15 is 0 Å². The number of amides is 1. The summed E-state index contributed by atoms with van der Waals surface area (Å²) < 4.78 is 11.8. The minimum Gasteiger partial charge on any atom is -0.490 e. The van der Waals surface area contributed by atoms with Gasteiger partial charge in [-0.15, -0.1) is 0 Å².